The molecule has 0 aromatic heterocycles. The van der Waals surface area contributed by atoms with Crippen molar-refractivity contribution in [1.29, 1.82) is 0 Å². The maximum Gasteiger partial charge on any atom is 0.131 e. The molecule has 0 bridgehead atoms. The molecule has 0 aliphatic heterocycles. The number of hydrogen-bond acceptors (Lipinski definition) is 2. The van der Waals surface area contributed by atoms with Crippen molar-refractivity contribution in [1.82, 2.24) is 0 Å². The molecule has 0 saturated heterocycles. The van der Waals surface area contributed by atoms with Crippen molar-refractivity contribution in [2.75, 3.05) is 6.61 Å². The van der Waals surface area contributed by atoms with Crippen molar-refractivity contribution in [2.45, 2.75) is 20.5 Å². The van der Waals surface area contributed by atoms with E-state index in [1.54, 1.807) is 12.1 Å². The van der Waals surface area contributed by atoms with E-state index in [-0.39, 0.29) is 19.0 Å². The van der Waals surface area contributed by atoms with E-state index in [0.717, 1.165) is 16.9 Å². The molecule has 0 unspecified atom stereocenters. The van der Waals surface area contributed by atoms with Gasteiger partial charge in [-0.3, -0.25) is 0 Å². The smallest absolute Gasteiger partial charge is 0.131 e. The molecule has 1 N–H and O–H groups in total. The number of aryl methyl sites for hydroxylation is 2. The minimum absolute atomic E-state index is 0.169. The summed E-state index contributed by atoms with van der Waals surface area (Å²) in [5.74, 6) is 5.53. The van der Waals surface area contributed by atoms with Crippen molar-refractivity contribution >= 4 is 0 Å². The summed E-state index contributed by atoms with van der Waals surface area (Å²) >= 11 is 0. The molecular weight excluding hydrogens is 267 g/mol. The lowest BCUT2D eigenvalue weighted by molar-refractivity contribution is 0.299. The van der Waals surface area contributed by atoms with Crippen LogP contribution in [-0.2, 0) is 6.61 Å². The first-order chi connectivity index (χ1) is 10.1. The topological polar surface area (TPSA) is 29.5 Å². The molecule has 2 aromatic rings. The number of halogens is 1. The predicted octanol–water partition coefficient (Wildman–Crippen LogP) is 3.37. The fourth-order valence-electron chi connectivity index (χ4n) is 2.06. The molecule has 2 nitrogen and oxygen atoms in total. The largest absolute Gasteiger partial charge is 0.489 e. The van der Waals surface area contributed by atoms with E-state index in [0.29, 0.717) is 11.1 Å². The van der Waals surface area contributed by atoms with Crippen LogP contribution in [0.25, 0.3) is 0 Å². The van der Waals surface area contributed by atoms with Crippen LogP contribution >= 0.6 is 0 Å². The molecular formula is C18H17FO2. The molecule has 2 aromatic carbocycles. The van der Waals surface area contributed by atoms with Crippen LogP contribution in [-0.4, -0.2) is 11.7 Å². The fourth-order valence-corrected chi connectivity index (χ4v) is 2.06. The number of aliphatic hydroxyl groups is 1. The van der Waals surface area contributed by atoms with E-state index >= 15 is 0 Å². The van der Waals surface area contributed by atoms with Gasteiger partial charge in [0.1, 0.15) is 24.8 Å². The van der Waals surface area contributed by atoms with Crippen LogP contribution in [0.2, 0.25) is 0 Å². The summed E-state index contributed by atoms with van der Waals surface area (Å²) in [4.78, 5) is 0. The Hall–Kier alpha value is -2.31. The zero-order chi connectivity index (χ0) is 15.2. The molecule has 21 heavy (non-hydrogen) atoms. The summed E-state index contributed by atoms with van der Waals surface area (Å²) in [6, 6.07) is 10.6. The molecule has 0 radical (unpaired) electrons. The zero-order valence-electron chi connectivity index (χ0n) is 12.1. The number of aliphatic hydroxyl groups excluding tert-OH is 1. The highest BCUT2D eigenvalue weighted by molar-refractivity contribution is 5.37. The molecule has 0 atom stereocenters. The van der Waals surface area contributed by atoms with E-state index in [2.05, 4.69) is 17.9 Å². The van der Waals surface area contributed by atoms with E-state index in [4.69, 9.17) is 9.84 Å². The molecule has 0 heterocycles. The normalized spacial score (nSPS) is 9.90. The van der Waals surface area contributed by atoms with Gasteiger partial charge in [-0.05, 0) is 49.2 Å². The van der Waals surface area contributed by atoms with Crippen molar-refractivity contribution in [3.63, 3.8) is 0 Å². The molecule has 0 amide bonds. The summed E-state index contributed by atoms with van der Waals surface area (Å²) in [7, 11) is 0. The first-order valence-electron chi connectivity index (χ1n) is 6.68. The van der Waals surface area contributed by atoms with Gasteiger partial charge in [-0.25, -0.2) is 4.39 Å². The third-order valence-electron chi connectivity index (χ3n) is 2.95. The van der Waals surface area contributed by atoms with Crippen LogP contribution in [0.4, 0.5) is 4.39 Å². The molecule has 3 heteroatoms. The Bertz CT molecular complexity index is 676. The Morgan fingerprint density at radius 2 is 1.81 bits per heavy atom. The third kappa shape index (κ3) is 4.34. The first-order valence-corrected chi connectivity index (χ1v) is 6.68. The van der Waals surface area contributed by atoms with Crippen LogP contribution in [0.5, 0.6) is 5.75 Å². The fraction of sp³-hybridized carbons (Fsp3) is 0.222. The standard InChI is InChI=1S/C18H17FO2/c1-13-8-14(2)10-17(9-13)21-12-16-6-5-15(4-3-7-20)11-18(16)19/h5-6,8-11,20H,7,12H2,1-2H3. The molecule has 0 saturated carbocycles. The highest BCUT2D eigenvalue weighted by Crippen LogP contribution is 2.19. The summed E-state index contributed by atoms with van der Waals surface area (Å²) in [5.41, 5.74) is 3.24. The molecule has 0 aliphatic carbocycles. The van der Waals surface area contributed by atoms with Crippen LogP contribution in [0, 0.1) is 31.5 Å². The second kappa shape index (κ2) is 6.92. The van der Waals surface area contributed by atoms with Gasteiger partial charge in [0.25, 0.3) is 0 Å². The molecule has 2 rings (SSSR count). The summed E-state index contributed by atoms with van der Waals surface area (Å²) in [6.07, 6.45) is 0. The molecule has 0 spiro atoms. The van der Waals surface area contributed by atoms with Gasteiger partial charge >= 0.3 is 0 Å². The maximum atomic E-state index is 13.9. The predicted molar refractivity (Wildman–Crippen MR) is 80.6 cm³/mol. The Kier molecular flexibility index (Phi) is 4.97. The Morgan fingerprint density at radius 3 is 2.43 bits per heavy atom. The minimum atomic E-state index is -0.357. The lowest BCUT2D eigenvalue weighted by Gasteiger charge is -2.09. The Balaban J connectivity index is 2.09. The quantitative estimate of drug-likeness (QED) is 0.876. The summed E-state index contributed by atoms with van der Waals surface area (Å²) in [5, 5.41) is 8.62. The van der Waals surface area contributed by atoms with Crippen molar-refractivity contribution in [2.24, 2.45) is 0 Å². The van der Waals surface area contributed by atoms with Gasteiger partial charge in [0.15, 0.2) is 0 Å². The van der Waals surface area contributed by atoms with Crippen molar-refractivity contribution < 1.29 is 14.2 Å². The highest BCUT2D eigenvalue weighted by atomic mass is 19.1. The second-order valence-corrected chi connectivity index (χ2v) is 4.88. The third-order valence-corrected chi connectivity index (χ3v) is 2.95. The zero-order valence-corrected chi connectivity index (χ0v) is 12.1. The maximum absolute atomic E-state index is 13.9. The van der Waals surface area contributed by atoms with E-state index < -0.39 is 0 Å². The number of hydrogen-bond donors (Lipinski definition) is 1. The SMILES string of the molecule is Cc1cc(C)cc(OCc2ccc(C#CCO)cc2F)c1. The van der Waals surface area contributed by atoms with Crippen molar-refractivity contribution in [3.8, 4) is 17.6 Å². The Morgan fingerprint density at radius 1 is 1.10 bits per heavy atom. The first kappa shape index (κ1) is 15.1. The average Bonchev–Trinajstić information content (AvgIpc) is 2.43. The Labute approximate surface area is 124 Å². The highest BCUT2D eigenvalue weighted by Gasteiger charge is 2.04. The van der Waals surface area contributed by atoms with E-state index in [9.17, 15) is 4.39 Å². The molecule has 108 valence electrons. The van der Waals surface area contributed by atoms with E-state index in [1.807, 2.05) is 26.0 Å². The average molecular weight is 284 g/mol. The molecule has 0 fully saturated rings. The van der Waals surface area contributed by atoms with Gasteiger partial charge in [-0.2, -0.15) is 0 Å². The van der Waals surface area contributed by atoms with Gasteiger partial charge in [0.05, 0.1) is 0 Å². The van der Waals surface area contributed by atoms with Crippen molar-refractivity contribution in [3.05, 3.63) is 64.5 Å². The monoisotopic (exact) mass is 284 g/mol. The van der Waals surface area contributed by atoms with Gasteiger partial charge in [0, 0.05) is 11.1 Å². The number of benzene rings is 2. The van der Waals surface area contributed by atoms with Gasteiger partial charge < -0.3 is 9.84 Å². The lowest BCUT2D eigenvalue weighted by Crippen LogP contribution is -1.99. The van der Waals surface area contributed by atoms with Crippen LogP contribution in [0.15, 0.2) is 36.4 Å². The van der Waals surface area contributed by atoms with Gasteiger partial charge in [0.2, 0.25) is 0 Å². The van der Waals surface area contributed by atoms with Gasteiger partial charge in [-0.15, -0.1) is 0 Å². The number of ether oxygens (including phenoxy) is 1. The van der Waals surface area contributed by atoms with Crippen LogP contribution in [0.1, 0.15) is 22.3 Å². The summed E-state index contributed by atoms with van der Waals surface area (Å²) < 4.78 is 19.6. The van der Waals surface area contributed by atoms with E-state index in [1.165, 1.54) is 6.07 Å². The second-order valence-electron chi connectivity index (χ2n) is 4.88. The van der Waals surface area contributed by atoms with Crippen LogP contribution < -0.4 is 4.74 Å². The minimum Gasteiger partial charge on any atom is -0.489 e. The van der Waals surface area contributed by atoms with Crippen LogP contribution in [0.3, 0.4) is 0 Å². The van der Waals surface area contributed by atoms with Gasteiger partial charge in [-0.1, -0.05) is 24.0 Å². The lowest BCUT2D eigenvalue weighted by atomic mass is 10.1. The number of rotatable bonds is 3. The molecule has 0 aliphatic rings. The summed E-state index contributed by atoms with van der Waals surface area (Å²) in [6.45, 7) is 3.92.